The quantitative estimate of drug-likeness (QED) is 0.817. The number of sulfonamides is 1. The lowest BCUT2D eigenvalue weighted by Gasteiger charge is -2.11. The fraction of sp³-hybridized carbons (Fsp3) is 0.455. The summed E-state index contributed by atoms with van der Waals surface area (Å²) in [6.45, 7) is 0.911. The van der Waals surface area contributed by atoms with Gasteiger partial charge in [0, 0.05) is 37.2 Å². The molecule has 1 rings (SSSR count). The summed E-state index contributed by atoms with van der Waals surface area (Å²) in [5.74, 6) is 0.0638. The predicted molar refractivity (Wildman–Crippen MR) is 75.6 cm³/mol. The maximum Gasteiger partial charge on any atom is 0.214 e. The molecule has 0 aromatic heterocycles. The standard InChI is InChI=1S/C11H16Cl2N2O2S/c1-15(2)18(16,17)4-3-14-8-9-5-10(12)7-11(13)6-9/h5-7,14H,3-4,8H2,1-2H3. The highest BCUT2D eigenvalue weighted by Gasteiger charge is 2.12. The molecule has 1 N–H and O–H groups in total. The lowest BCUT2D eigenvalue weighted by atomic mass is 10.2. The van der Waals surface area contributed by atoms with Crippen molar-refractivity contribution in [2.45, 2.75) is 6.54 Å². The number of hydrogen-bond donors (Lipinski definition) is 1. The van der Waals surface area contributed by atoms with Crippen molar-refractivity contribution in [3.8, 4) is 0 Å². The molecule has 0 radical (unpaired) electrons. The first-order valence-electron chi connectivity index (χ1n) is 5.37. The van der Waals surface area contributed by atoms with E-state index in [9.17, 15) is 8.42 Å². The van der Waals surface area contributed by atoms with Crippen molar-refractivity contribution in [1.82, 2.24) is 9.62 Å². The molecule has 0 saturated heterocycles. The Bertz CT molecular complexity index is 484. The van der Waals surface area contributed by atoms with Crippen LogP contribution in [0.3, 0.4) is 0 Å². The first kappa shape index (κ1) is 15.7. The summed E-state index contributed by atoms with van der Waals surface area (Å²) >= 11 is 11.7. The van der Waals surface area contributed by atoms with Crippen molar-refractivity contribution in [3.05, 3.63) is 33.8 Å². The van der Waals surface area contributed by atoms with E-state index in [1.807, 2.05) is 0 Å². The molecule has 0 spiro atoms. The third-order valence-corrected chi connectivity index (χ3v) is 4.61. The van der Waals surface area contributed by atoms with Crippen LogP contribution in [-0.4, -0.2) is 39.1 Å². The summed E-state index contributed by atoms with van der Waals surface area (Å²) < 4.78 is 24.2. The van der Waals surface area contributed by atoms with Gasteiger partial charge in [-0.1, -0.05) is 23.2 Å². The van der Waals surface area contributed by atoms with Gasteiger partial charge >= 0.3 is 0 Å². The second-order valence-corrected chi connectivity index (χ2v) is 7.23. The SMILES string of the molecule is CN(C)S(=O)(=O)CCNCc1cc(Cl)cc(Cl)c1. The smallest absolute Gasteiger partial charge is 0.214 e. The topological polar surface area (TPSA) is 49.4 Å². The van der Waals surface area contributed by atoms with E-state index in [0.717, 1.165) is 5.56 Å². The van der Waals surface area contributed by atoms with Crippen molar-refractivity contribution in [2.75, 3.05) is 26.4 Å². The number of nitrogens with one attached hydrogen (secondary N) is 1. The average Bonchev–Trinajstić information content (AvgIpc) is 2.23. The molecular weight excluding hydrogens is 295 g/mol. The zero-order valence-corrected chi connectivity index (χ0v) is 12.6. The number of nitrogens with zero attached hydrogens (tertiary/aromatic N) is 1. The Labute approximate surface area is 118 Å². The molecule has 0 aliphatic rings. The zero-order chi connectivity index (χ0) is 13.8. The normalized spacial score (nSPS) is 12.1. The average molecular weight is 311 g/mol. The van der Waals surface area contributed by atoms with Gasteiger partial charge in [0.2, 0.25) is 10.0 Å². The molecule has 18 heavy (non-hydrogen) atoms. The first-order chi connectivity index (χ1) is 8.31. The Morgan fingerprint density at radius 2 is 1.72 bits per heavy atom. The Hall–Kier alpha value is -0.330. The zero-order valence-electron chi connectivity index (χ0n) is 10.3. The van der Waals surface area contributed by atoms with Crippen molar-refractivity contribution in [2.24, 2.45) is 0 Å². The van der Waals surface area contributed by atoms with Crippen LogP contribution >= 0.6 is 23.2 Å². The molecule has 102 valence electrons. The van der Waals surface area contributed by atoms with Crippen LogP contribution in [0.4, 0.5) is 0 Å². The second kappa shape index (κ2) is 6.73. The Kier molecular flexibility index (Phi) is 5.88. The molecule has 0 fully saturated rings. The molecule has 0 bridgehead atoms. The minimum Gasteiger partial charge on any atom is -0.312 e. The minimum absolute atomic E-state index is 0.0638. The highest BCUT2D eigenvalue weighted by atomic mass is 35.5. The third kappa shape index (κ3) is 5.12. The van der Waals surface area contributed by atoms with Crippen molar-refractivity contribution < 1.29 is 8.42 Å². The molecule has 1 aromatic carbocycles. The number of rotatable bonds is 6. The summed E-state index contributed by atoms with van der Waals surface area (Å²) in [6.07, 6.45) is 0. The summed E-state index contributed by atoms with van der Waals surface area (Å²) in [5.41, 5.74) is 0.926. The van der Waals surface area contributed by atoms with Crippen LogP contribution in [0.15, 0.2) is 18.2 Å². The lowest BCUT2D eigenvalue weighted by molar-refractivity contribution is 0.517. The van der Waals surface area contributed by atoms with Crippen LogP contribution < -0.4 is 5.32 Å². The van der Waals surface area contributed by atoms with E-state index in [1.54, 1.807) is 18.2 Å². The van der Waals surface area contributed by atoms with Crippen molar-refractivity contribution in [1.29, 1.82) is 0 Å². The van der Waals surface area contributed by atoms with Crippen LogP contribution in [-0.2, 0) is 16.6 Å². The maximum absolute atomic E-state index is 11.5. The van der Waals surface area contributed by atoms with Gasteiger partial charge in [-0.2, -0.15) is 0 Å². The molecule has 0 aliphatic carbocycles. The molecule has 0 unspecified atom stereocenters. The van der Waals surface area contributed by atoms with E-state index in [1.165, 1.54) is 18.4 Å². The van der Waals surface area contributed by atoms with Gasteiger partial charge in [0.15, 0.2) is 0 Å². The lowest BCUT2D eigenvalue weighted by Crippen LogP contribution is -2.31. The molecule has 0 saturated carbocycles. The number of halogens is 2. The van der Waals surface area contributed by atoms with E-state index < -0.39 is 10.0 Å². The van der Waals surface area contributed by atoms with Crippen LogP contribution in [0.5, 0.6) is 0 Å². The van der Waals surface area contributed by atoms with Gasteiger partial charge < -0.3 is 5.32 Å². The van der Waals surface area contributed by atoms with E-state index >= 15 is 0 Å². The van der Waals surface area contributed by atoms with Crippen LogP contribution in [0.1, 0.15) is 5.56 Å². The van der Waals surface area contributed by atoms with Crippen LogP contribution in [0.2, 0.25) is 10.0 Å². The van der Waals surface area contributed by atoms with E-state index in [2.05, 4.69) is 5.32 Å². The van der Waals surface area contributed by atoms with Crippen molar-refractivity contribution in [3.63, 3.8) is 0 Å². The summed E-state index contributed by atoms with van der Waals surface area (Å²) in [4.78, 5) is 0. The fourth-order valence-corrected chi connectivity index (χ4v) is 2.67. The molecule has 0 heterocycles. The van der Waals surface area contributed by atoms with E-state index in [-0.39, 0.29) is 5.75 Å². The Morgan fingerprint density at radius 1 is 1.17 bits per heavy atom. The monoisotopic (exact) mass is 310 g/mol. The van der Waals surface area contributed by atoms with Gasteiger partial charge in [0.1, 0.15) is 0 Å². The van der Waals surface area contributed by atoms with E-state index in [0.29, 0.717) is 23.1 Å². The van der Waals surface area contributed by atoms with Gasteiger partial charge in [-0.15, -0.1) is 0 Å². The van der Waals surface area contributed by atoms with Gasteiger partial charge in [0.05, 0.1) is 5.75 Å². The Balaban J connectivity index is 2.43. The summed E-state index contributed by atoms with van der Waals surface area (Å²) in [5, 5.41) is 4.18. The van der Waals surface area contributed by atoms with Gasteiger partial charge in [-0.25, -0.2) is 12.7 Å². The molecule has 0 atom stereocenters. The summed E-state index contributed by atoms with van der Waals surface area (Å²) in [7, 11) is -0.110. The van der Waals surface area contributed by atoms with Gasteiger partial charge in [-0.05, 0) is 23.8 Å². The molecule has 1 aromatic rings. The number of hydrogen-bond acceptors (Lipinski definition) is 3. The summed E-state index contributed by atoms with van der Waals surface area (Å²) in [6, 6.07) is 5.24. The third-order valence-electron chi connectivity index (χ3n) is 2.34. The molecule has 0 amide bonds. The predicted octanol–water partition coefficient (Wildman–Crippen LogP) is 1.97. The maximum atomic E-state index is 11.5. The van der Waals surface area contributed by atoms with Gasteiger partial charge in [0.25, 0.3) is 0 Å². The second-order valence-electron chi connectivity index (χ2n) is 4.05. The molecule has 4 nitrogen and oxygen atoms in total. The first-order valence-corrected chi connectivity index (χ1v) is 7.73. The fourth-order valence-electron chi connectivity index (χ4n) is 1.33. The highest BCUT2D eigenvalue weighted by Crippen LogP contribution is 2.18. The molecule has 0 aliphatic heterocycles. The van der Waals surface area contributed by atoms with Crippen molar-refractivity contribution >= 4 is 33.2 Å². The van der Waals surface area contributed by atoms with Crippen LogP contribution in [0, 0.1) is 0 Å². The number of benzene rings is 1. The largest absolute Gasteiger partial charge is 0.312 e. The van der Waals surface area contributed by atoms with E-state index in [4.69, 9.17) is 23.2 Å². The molecular formula is C11H16Cl2N2O2S. The Morgan fingerprint density at radius 3 is 2.22 bits per heavy atom. The van der Waals surface area contributed by atoms with Gasteiger partial charge in [-0.3, -0.25) is 0 Å². The van der Waals surface area contributed by atoms with Crippen LogP contribution in [0.25, 0.3) is 0 Å². The highest BCUT2D eigenvalue weighted by molar-refractivity contribution is 7.89. The molecule has 7 heteroatoms. The minimum atomic E-state index is -3.15.